The van der Waals surface area contributed by atoms with Gasteiger partial charge in [0, 0.05) is 11.8 Å². The van der Waals surface area contributed by atoms with Gasteiger partial charge in [-0.25, -0.2) is 12.8 Å². The maximum Gasteiger partial charge on any atom is 0.200 e. The van der Waals surface area contributed by atoms with Gasteiger partial charge in [0.25, 0.3) is 0 Å². The highest BCUT2D eigenvalue weighted by Crippen LogP contribution is 2.16. The Morgan fingerprint density at radius 1 is 1.05 bits per heavy atom. The number of benzene rings is 2. The molecule has 0 spiro atoms. The molecule has 0 aliphatic rings. The van der Waals surface area contributed by atoms with Crippen LogP contribution >= 0.6 is 0 Å². The van der Waals surface area contributed by atoms with E-state index in [0.29, 0.717) is 11.3 Å². The lowest BCUT2D eigenvalue weighted by atomic mass is 10.1. The molecule has 0 N–H and O–H groups in total. The highest BCUT2D eigenvalue weighted by Gasteiger charge is 2.09. The number of sulfone groups is 1. The second kappa shape index (κ2) is 6.05. The Hall–Kier alpha value is -2.21. The van der Waals surface area contributed by atoms with Crippen LogP contribution in [0.3, 0.4) is 0 Å². The predicted molar refractivity (Wildman–Crippen MR) is 75.8 cm³/mol. The molecule has 6 heteroatoms. The van der Waals surface area contributed by atoms with Crippen molar-refractivity contribution in [3.63, 3.8) is 0 Å². The van der Waals surface area contributed by atoms with Crippen LogP contribution in [-0.4, -0.2) is 27.1 Å². The number of ether oxygens (including phenoxy) is 1. The van der Waals surface area contributed by atoms with Crippen LogP contribution in [0.1, 0.15) is 10.4 Å². The van der Waals surface area contributed by atoms with Gasteiger partial charge in [0.2, 0.25) is 0 Å². The molecule has 0 aliphatic carbocycles. The predicted octanol–water partition coefficient (Wildman–Crippen LogP) is 2.49. The van der Waals surface area contributed by atoms with E-state index in [4.69, 9.17) is 4.74 Å². The van der Waals surface area contributed by atoms with Crippen molar-refractivity contribution < 1.29 is 22.3 Å². The summed E-state index contributed by atoms with van der Waals surface area (Å²) >= 11 is 0. The molecule has 21 heavy (non-hydrogen) atoms. The Morgan fingerprint density at radius 3 is 2.14 bits per heavy atom. The first-order chi connectivity index (χ1) is 9.86. The highest BCUT2D eigenvalue weighted by atomic mass is 32.2. The summed E-state index contributed by atoms with van der Waals surface area (Å²) < 4.78 is 40.6. The number of carbonyl (C=O) groups is 1. The number of ketones is 1. The summed E-state index contributed by atoms with van der Waals surface area (Å²) in [5, 5.41) is 0. The van der Waals surface area contributed by atoms with Crippen molar-refractivity contribution in [1.82, 2.24) is 0 Å². The van der Waals surface area contributed by atoms with E-state index in [9.17, 15) is 17.6 Å². The molecule has 0 atom stereocenters. The second-order valence-corrected chi connectivity index (χ2v) is 6.48. The normalized spacial score (nSPS) is 11.1. The van der Waals surface area contributed by atoms with Crippen molar-refractivity contribution in [2.45, 2.75) is 4.90 Å². The molecule has 0 fully saturated rings. The van der Waals surface area contributed by atoms with Crippen molar-refractivity contribution >= 4 is 15.6 Å². The van der Waals surface area contributed by atoms with E-state index in [1.54, 1.807) is 0 Å². The van der Waals surface area contributed by atoms with Gasteiger partial charge in [-0.15, -0.1) is 0 Å². The fraction of sp³-hybridized carbons (Fsp3) is 0.133. The van der Waals surface area contributed by atoms with E-state index >= 15 is 0 Å². The highest BCUT2D eigenvalue weighted by molar-refractivity contribution is 7.90. The monoisotopic (exact) mass is 308 g/mol. The zero-order valence-electron chi connectivity index (χ0n) is 11.2. The molecular weight excluding hydrogens is 295 g/mol. The molecule has 0 aliphatic heterocycles. The van der Waals surface area contributed by atoms with Gasteiger partial charge in [0.05, 0.1) is 4.90 Å². The van der Waals surface area contributed by atoms with Gasteiger partial charge in [0.15, 0.2) is 22.2 Å². The molecule has 2 rings (SSSR count). The molecule has 0 saturated heterocycles. The molecular formula is C15H13FO4S. The molecule has 0 aromatic heterocycles. The van der Waals surface area contributed by atoms with Crippen LogP contribution < -0.4 is 4.74 Å². The third kappa shape index (κ3) is 4.13. The summed E-state index contributed by atoms with van der Waals surface area (Å²) in [5.74, 6) is -0.316. The number of hydrogen-bond donors (Lipinski definition) is 0. The van der Waals surface area contributed by atoms with Gasteiger partial charge in [-0.05, 0) is 48.5 Å². The average Bonchev–Trinajstić information content (AvgIpc) is 2.45. The fourth-order valence-electron chi connectivity index (χ4n) is 1.65. The minimum Gasteiger partial charge on any atom is -0.485 e. The summed E-state index contributed by atoms with van der Waals surface area (Å²) in [6.45, 7) is -0.205. The van der Waals surface area contributed by atoms with Crippen LogP contribution in [0.2, 0.25) is 0 Å². The maximum atomic E-state index is 12.7. The first kappa shape index (κ1) is 15.2. The summed E-state index contributed by atoms with van der Waals surface area (Å²) in [4.78, 5) is 12.0. The molecule has 0 bridgehead atoms. The molecule has 0 heterocycles. The van der Waals surface area contributed by atoms with Gasteiger partial charge in [-0.2, -0.15) is 0 Å². The van der Waals surface area contributed by atoms with Gasteiger partial charge < -0.3 is 4.74 Å². The van der Waals surface area contributed by atoms with Gasteiger partial charge >= 0.3 is 0 Å². The first-order valence-electron chi connectivity index (χ1n) is 6.08. The number of rotatable bonds is 5. The molecule has 0 radical (unpaired) electrons. The first-order valence-corrected chi connectivity index (χ1v) is 7.97. The van der Waals surface area contributed by atoms with Crippen LogP contribution in [0.4, 0.5) is 4.39 Å². The van der Waals surface area contributed by atoms with Crippen molar-refractivity contribution in [3.8, 4) is 5.75 Å². The van der Waals surface area contributed by atoms with E-state index in [-0.39, 0.29) is 17.3 Å². The Kier molecular flexibility index (Phi) is 4.37. The number of halogens is 1. The third-order valence-corrected chi connectivity index (χ3v) is 3.92. The Bertz CT molecular complexity index is 734. The number of hydrogen-bond acceptors (Lipinski definition) is 4. The van der Waals surface area contributed by atoms with Crippen LogP contribution in [0, 0.1) is 5.82 Å². The van der Waals surface area contributed by atoms with Crippen LogP contribution in [0.5, 0.6) is 5.75 Å². The molecule has 2 aromatic rings. The fourth-order valence-corrected chi connectivity index (χ4v) is 2.28. The van der Waals surface area contributed by atoms with Crippen LogP contribution in [0.25, 0.3) is 0 Å². The molecule has 0 amide bonds. The van der Waals surface area contributed by atoms with Gasteiger partial charge in [-0.1, -0.05) is 0 Å². The van der Waals surface area contributed by atoms with E-state index in [1.807, 2.05) is 0 Å². The molecule has 110 valence electrons. The van der Waals surface area contributed by atoms with E-state index in [0.717, 1.165) is 6.26 Å². The summed E-state index contributed by atoms with van der Waals surface area (Å²) in [6.07, 6.45) is 1.11. The topological polar surface area (TPSA) is 60.4 Å². The van der Waals surface area contributed by atoms with Crippen molar-refractivity contribution in [2.24, 2.45) is 0 Å². The minimum absolute atomic E-state index is 0.180. The van der Waals surface area contributed by atoms with Gasteiger partial charge in [-0.3, -0.25) is 4.79 Å². The largest absolute Gasteiger partial charge is 0.485 e. The minimum atomic E-state index is -3.26. The average molecular weight is 308 g/mol. The number of Topliss-reactive ketones (excluding diaryl/α,β-unsaturated/α-hetero) is 1. The Labute approximate surface area is 122 Å². The van der Waals surface area contributed by atoms with E-state index in [2.05, 4.69) is 0 Å². The van der Waals surface area contributed by atoms with Crippen LogP contribution in [-0.2, 0) is 9.84 Å². The summed E-state index contributed by atoms with van der Waals surface area (Å²) in [6, 6.07) is 11.0. The Morgan fingerprint density at radius 2 is 1.62 bits per heavy atom. The quantitative estimate of drug-likeness (QED) is 0.796. The zero-order chi connectivity index (χ0) is 15.5. The Balaban J connectivity index is 2.00. The van der Waals surface area contributed by atoms with Gasteiger partial charge in [0.1, 0.15) is 11.6 Å². The number of carbonyl (C=O) groups excluding carboxylic acids is 1. The SMILES string of the molecule is CS(=O)(=O)c1ccc(OCC(=O)c2ccc(F)cc2)cc1. The van der Waals surface area contributed by atoms with E-state index < -0.39 is 15.7 Å². The zero-order valence-corrected chi connectivity index (χ0v) is 12.1. The van der Waals surface area contributed by atoms with Crippen molar-refractivity contribution in [3.05, 3.63) is 59.9 Å². The lowest BCUT2D eigenvalue weighted by Gasteiger charge is -2.06. The standard InChI is InChI=1S/C15H13FO4S/c1-21(18,19)14-8-6-13(7-9-14)20-10-15(17)11-2-4-12(16)5-3-11/h2-9H,10H2,1H3. The van der Waals surface area contributed by atoms with Crippen molar-refractivity contribution in [2.75, 3.05) is 12.9 Å². The molecule has 0 saturated carbocycles. The lowest BCUT2D eigenvalue weighted by Crippen LogP contribution is -2.11. The molecule has 2 aromatic carbocycles. The summed E-state index contributed by atoms with van der Waals surface area (Å²) in [5.41, 5.74) is 0.351. The van der Waals surface area contributed by atoms with E-state index in [1.165, 1.54) is 48.5 Å². The lowest BCUT2D eigenvalue weighted by molar-refractivity contribution is 0.0921. The third-order valence-electron chi connectivity index (χ3n) is 2.79. The molecule has 4 nitrogen and oxygen atoms in total. The van der Waals surface area contributed by atoms with Crippen molar-refractivity contribution in [1.29, 1.82) is 0 Å². The summed E-state index contributed by atoms with van der Waals surface area (Å²) in [7, 11) is -3.26. The maximum absolute atomic E-state index is 12.7. The van der Waals surface area contributed by atoms with Crippen LogP contribution in [0.15, 0.2) is 53.4 Å². The molecule has 0 unspecified atom stereocenters. The smallest absolute Gasteiger partial charge is 0.200 e. The second-order valence-electron chi connectivity index (χ2n) is 4.46.